The molecule has 0 saturated carbocycles. The molecule has 0 unspecified atom stereocenters. The lowest BCUT2D eigenvalue weighted by Gasteiger charge is -2.05. The maximum absolute atomic E-state index is 8.68. The summed E-state index contributed by atoms with van der Waals surface area (Å²) in [5.41, 5.74) is 0.811. The van der Waals surface area contributed by atoms with Gasteiger partial charge in [-0.1, -0.05) is 0 Å². The first-order chi connectivity index (χ1) is 7.70. The average molecular weight is 295 g/mol. The lowest BCUT2D eigenvalue weighted by molar-refractivity contribution is 0.996. The van der Waals surface area contributed by atoms with E-state index in [4.69, 9.17) is 5.26 Å². The second kappa shape index (κ2) is 4.60. The molecule has 2 heterocycles. The van der Waals surface area contributed by atoms with Gasteiger partial charge in [0, 0.05) is 16.9 Å². The third-order valence-electron chi connectivity index (χ3n) is 1.96. The molecule has 0 spiro atoms. The number of hydrogen-bond acceptors (Lipinski definition) is 5. The van der Waals surface area contributed by atoms with Crippen LogP contribution in [0, 0.1) is 11.5 Å². The number of halogens is 1. The minimum absolute atomic E-state index is 0.543. The molecule has 0 aliphatic rings. The molecular formula is C10H7BrN4S. The Balaban J connectivity index is 2.30. The zero-order valence-corrected chi connectivity index (χ0v) is 10.8. The highest BCUT2D eigenvalue weighted by atomic mass is 79.9. The van der Waals surface area contributed by atoms with Crippen LogP contribution in [0.5, 0.6) is 0 Å². The first-order valence-corrected chi connectivity index (χ1v) is 6.09. The van der Waals surface area contributed by atoms with Crippen molar-refractivity contribution in [3.8, 4) is 16.8 Å². The van der Waals surface area contributed by atoms with Crippen LogP contribution in [0.4, 0.5) is 5.82 Å². The molecule has 0 saturated heterocycles. The average Bonchev–Trinajstić information content (AvgIpc) is 2.75. The summed E-state index contributed by atoms with van der Waals surface area (Å²) < 4.78 is 1.03. The zero-order chi connectivity index (χ0) is 11.5. The second-order valence-corrected chi connectivity index (χ2v) is 4.89. The fraction of sp³-hybridized carbons (Fsp3) is 0.100. The van der Waals surface area contributed by atoms with Crippen molar-refractivity contribution < 1.29 is 0 Å². The van der Waals surface area contributed by atoms with Gasteiger partial charge in [-0.2, -0.15) is 5.26 Å². The summed E-state index contributed by atoms with van der Waals surface area (Å²) in [4.78, 5) is 2.41. The normalized spacial score (nSPS) is 9.81. The number of rotatable bonds is 2. The molecule has 6 heteroatoms. The standard InChI is InChI=1S/C10H7BrN4S/c1-15(6-12)10-3-2-8(13-14-10)9-4-7(11)5-16-9/h2-5H,1H3. The number of nitrogens with zero attached hydrogens (tertiary/aromatic N) is 4. The van der Waals surface area contributed by atoms with E-state index in [1.165, 1.54) is 4.90 Å². The third kappa shape index (κ3) is 2.21. The summed E-state index contributed by atoms with van der Waals surface area (Å²) in [6.07, 6.45) is 1.97. The maximum Gasteiger partial charge on any atom is 0.185 e. The highest BCUT2D eigenvalue weighted by Gasteiger charge is 2.05. The van der Waals surface area contributed by atoms with E-state index in [1.54, 1.807) is 24.5 Å². The van der Waals surface area contributed by atoms with E-state index >= 15 is 0 Å². The highest BCUT2D eigenvalue weighted by Crippen LogP contribution is 2.28. The second-order valence-electron chi connectivity index (χ2n) is 3.06. The van der Waals surface area contributed by atoms with E-state index in [0.717, 1.165) is 15.0 Å². The first-order valence-electron chi connectivity index (χ1n) is 4.42. The van der Waals surface area contributed by atoms with Crippen LogP contribution in [-0.4, -0.2) is 17.2 Å². The van der Waals surface area contributed by atoms with Gasteiger partial charge in [0.25, 0.3) is 0 Å². The monoisotopic (exact) mass is 294 g/mol. The summed E-state index contributed by atoms with van der Waals surface area (Å²) in [5, 5.41) is 18.7. The molecule has 0 atom stereocenters. The lowest BCUT2D eigenvalue weighted by atomic mass is 10.3. The Morgan fingerprint density at radius 3 is 2.75 bits per heavy atom. The lowest BCUT2D eigenvalue weighted by Crippen LogP contribution is -2.10. The van der Waals surface area contributed by atoms with Crippen LogP contribution in [0.15, 0.2) is 28.1 Å². The number of aromatic nitrogens is 2. The van der Waals surface area contributed by atoms with Crippen LogP contribution in [0.25, 0.3) is 10.6 Å². The van der Waals surface area contributed by atoms with Crippen LogP contribution >= 0.6 is 27.3 Å². The summed E-state index contributed by atoms with van der Waals surface area (Å²) in [6.45, 7) is 0. The summed E-state index contributed by atoms with van der Waals surface area (Å²) >= 11 is 4.98. The van der Waals surface area contributed by atoms with Gasteiger partial charge in [0.1, 0.15) is 5.69 Å². The molecule has 2 aromatic heterocycles. The molecule has 16 heavy (non-hydrogen) atoms. The van der Waals surface area contributed by atoms with Crippen molar-refractivity contribution in [2.45, 2.75) is 0 Å². The summed E-state index contributed by atoms with van der Waals surface area (Å²) in [7, 11) is 1.64. The molecule has 0 aliphatic carbocycles. The minimum Gasteiger partial charge on any atom is -0.265 e. The smallest absolute Gasteiger partial charge is 0.185 e. The van der Waals surface area contributed by atoms with Gasteiger partial charge < -0.3 is 0 Å². The number of nitriles is 1. The van der Waals surface area contributed by atoms with Crippen LogP contribution in [-0.2, 0) is 0 Å². The Hall–Kier alpha value is -1.45. The van der Waals surface area contributed by atoms with Crippen molar-refractivity contribution in [1.29, 1.82) is 5.26 Å². The van der Waals surface area contributed by atoms with Crippen molar-refractivity contribution in [1.82, 2.24) is 10.2 Å². The molecule has 0 radical (unpaired) electrons. The van der Waals surface area contributed by atoms with E-state index in [1.807, 2.05) is 23.7 Å². The Morgan fingerprint density at radius 1 is 1.44 bits per heavy atom. The van der Waals surface area contributed by atoms with E-state index < -0.39 is 0 Å². The molecule has 2 rings (SSSR count). The molecule has 0 aromatic carbocycles. The zero-order valence-electron chi connectivity index (χ0n) is 8.38. The molecule has 4 nitrogen and oxygen atoms in total. The molecular weight excluding hydrogens is 288 g/mol. The van der Waals surface area contributed by atoms with Gasteiger partial charge in [0.15, 0.2) is 12.0 Å². The highest BCUT2D eigenvalue weighted by molar-refractivity contribution is 9.10. The Bertz CT molecular complexity index is 528. The maximum atomic E-state index is 8.68. The quantitative estimate of drug-likeness (QED) is 0.631. The number of thiophene rings is 1. The fourth-order valence-electron chi connectivity index (χ4n) is 1.13. The van der Waals surface area contributed by atoms with Gasteiger partial charge in [0.2, 0.25) is 0 Å². The van der Waals surface area contributed by atoms with Crippen molar-refractivity contribution in [2.24, 2.45) is 0 Å². The Morgan fingerprint density at radius 2 is 2.25 bits per heavy atom. The van der Waals surface area contributed by atoms with Crippen molar-refractivity contribution in [2.75, 3.05) is 11.9 Å². The topological polar surface area (TPSA) is 52.8 Å². The van der Waals surface area contributed by atoms with E-state index in [2.05, 4.69) is 26.1 Å². The molecule has 0 amide bonds. The molecule has 0 N–H and O–H groups in total. The SMILES string of the molecule is CN(C#N)c1ccc(-c2cc(Br)cs2)nn1. The van der Waals surface area contributed by atoms with Gasteiger partial charge >= 0.3 is 0 Å². The van der Waals surface area contributed by atoms with Gasteiger partial charge in [-0.25, -0.2) is 0 Å². The van der Waals surface area contributed by atoms with Gasteiger partial charge in [0.05, 0.1) is 4.88 Å². The van der Waals surface area contributed by atoms with Crippen LogP contribution in [0.1, 0.15) is 0 Å². The predicted molar refractivity (Wildman–Crippen MR) is 67.1 cm³/mol. The molecule has 0 bridgehead atoms. The van der Waals surface area contributed by atoms with Crippen LogP contribution < -0.4 is 4.90 Å². The first kappa shape index (κ1) is 11.0. The largest absolute Gasteiger partial charge is 0.265 e. The van der Waals surface area contributed by atoms with Crippen molar-refractivity contribution in [3.05, 3.63) is 28.1 Å². The van der Waals surface area contributed by atoms with E-state index in [0.29, 0.717) is 5.82 Å². The molecule has 0 fully saturated rings. The van der Waals surface area contributed by atoms with Crippen LogP contribution in [0.3, 0.4) is 0 Å². The van der Waals surface area contributed by atoms with E-state index in [-0.39, 0.29) is 0 Å². The Labute approximate surface area is 105 Å². The van der Waals surface area contributed by atoms with E-state index in [9.17, 15) is 0 Å². The predicted octanol–water partition coefficient (Wildman–Crippen LogP) is 2.88. The molecule has 80 valence electrons. The van der Waals surface area contributed by atoms with Crippen molar-refractivity contribution in [3.63, 3.8) is 0 Å². The Kier molecular flexibility index (Phi) is 3.17. The number of anilines is 1. The number of hydrogen-bond donors (Lipinski definition) is 0. The van der Waals surface area contributed by atoms with Crippen molar-refractivity contribution >= 4 is 33.1 Å². The summed E-state index contributed by atoms with van der Waals surface area (Å²) in [6, 6.07) is 5.62. The minimum atomic E-state index is 0.543. The molecule has 2 aromatic rings. The summed E-state index contributed by atoms with van der Waals surface area (Å²) in [5.74, 6) is 0.543. The van der Waals surface area contributed by atoms with Gasteiger partial charge in [-0.05, 0) is 34.1 Å². The van der Waals surface area contributed by atoms with Crippen LogP contribution in [0.2, 0.25) is 0 Å². The third-order valence-corrected chi connectivity index (χ3v) is 3.68. The molecule has 0 aliphatic heterocycles. The fourth-order valence-corrected chi connectivity index (χ4v) is 2.53. The van der Waals surface area contributed by atoms with Gasteiger partial charge in [-0.3, -0.25) is 4.90 Å². The van der Waals surface area contributed by atoms with Gasteiger partial charge in [-0.15, -0.1) is 21.5 Å².